The minimum absolute atomic E-state index is 0.0725. The van der Waals surface area contributed by atoms with Gasteiger partial charge in [-0.1, -0.05) is 17.7 Å². The Kier molecular flexibility index (Phi) is 7.85. The number of sulfone groups is 1. The van der Waals surface area contributed by atoms with Crippen LogP contribution in [0.1, 0.15) is 62.6 Å². The summed E-state index contributed by atoms with van der Waals surface area (Å²) in [6.45, 7) is 6.45. The van der Waals surface area contributed by atoms with Gasteiger partial charge in [0.25, 0.3) is 0 Å². The van der Waals surface area contributed by atoms with Gasteiger partial charge in [-0.2, -0.15) is 0 Å². The zero-order valence-corrected chi connectivity index (χ0v) is 22.0. The Morgan fingerprint density at radius 2 is 2.00 bits per heavy atom. The second kappa shape index (κ2) is 10.2. The lowest BCUT2D eigenvalue weighted by Crippen LogP contribution is -2.51. The maximum absolute atomic E-state index is 14.9. The van der Waals surface area contributed by atoms with Gasteiger partial charge in [-0.25, -0.2) is 32.0 Å². The predicted octanol–water partition coefficient (Wildman–Crippen LogP) is 5.30. The lowest BCUT2D eigenvalue weighted by Gasteiger charge is -2.28. The van der Waals surface area contributed by atoms with Gasteiger partial charge in [0.15, 0.2) is 15.7 Å². The van der Waals surface area contributed by atoms with E-state index in [2.05, 4.69) is 20.3 Å². The normalized spacial score (nSPS) is 22.4. The van der Waals surface area contributed by atoms with Crippen molar-refractivity contribution in [3.8, 4) is 0 Å². The van der Waals surface area contributed by atoms with Crippen LogP contribution >= 0.6 is 11.6 Å². The van der Waals surface area contributed by atoms with Crippen LogP contribution in [0.5, 0.6) is 0 Å². The molecule has 12 heteroatoms. The van der Waals surface area contributed by atoms with Crippen LogP contribution in [0.25, 0.3) is 11.9 Å². The molecule has 1 N–H and O–H groups in total. The summed E-state index contributed by atoms with van der Waals surface area (Å²) in [6.07, 6.45) is 2.74. The fourth-order valence-electron chi connectivity index (χ4n) is 3.97. The highest BCUT2D eigenvalue weighted by atomic mass is 35.5. The van der Waals surface area contributed by atoms with Gasteiger partial charge in [0.1, 0.15) is 32.8 Å². The monoisotopic (exact) mass is 540 g/mol. The molecule has 1 aromatic heterocycles. The van der Waals surface area contributed by atoms with Gasteiger partial charge in [0.05, 0.1) is 17.6 Å². The largest absolute Gasteiger partial charge is 0.444 e. The number of aromatic nitrogens is 2. The van der Waals surface area contributed by atoms with Gasteiger partial charge in [0.2, 0.25) is 0 Å². The van der Waals surface area contributed by atoms with Crippen LogP contribution < -0.4 is 5.32 Å². The molecule has 0 spiro atoms. The van der Waals surface area contributed by atoms with Crippen molar-refractivity contribution >= 4 is 45.3 Å². The summed E-state index contributed by atoms with van der Waals surface area (Å²) in [7, 11) is -2.74. The number of carbonyl (C=O) groups is 1. The molecule has 2 aromatic rings. The van der Waals surface area contributed by atoms with Crippen LogP contribution in [0.4, 0.5) is 13.6 Å². The van der Waals surface area contributed by atoms with E-state index in [1.54, 1.807) is 20.8 Å². The zero-order valence-electron chi connectivity index (χ0n) is 20.5. The highest BCUT2D eigenvalue weighted by Gasteiger charge is 2.55. The summed E-state index contributed by atoms with van der Waals surface area (Å²) >= 11 is 5.67. The van der Waals surface area contributed by atoms with Crippen LogP contribution in [0, 0.1) is 5.82 Å². The molecule has 1 amide bonds. The molecular formula is C24H27ClF2N4O4S. The van der Waals surface area contributed by atoms with Crippen LogP contribution in [-0.2, 0) is 14.6 Å². The van der Waals surface area contributed by atoms with E-state index in [1.165, 1.54) is 32.3 Å². The molecule has 36 heavy (non-hydrogen) atoms. The van der Waals surface area contributed by atoms with Gasteiger partial charge in [-0.15, -0.1) is 0 Å². The molecule has 1 saturated heterocycles. The fraction of sp³-hybridized carbons (Fsp3) is 0.417. The number of benzene rings is 1. The third-order valence-corrected chi connectivity index (χ3v) is 8.84. The number of hydrogen-bond acceptors (Lipinski definition) is 7. The van der Waals surface area contributed by atoms with Crippen molar-refractivity contribution in [1.82, 2.24) is 15.3 Å². The summed E-state index contributed by atoms with van der Waals surface area (Å²) in [5, 5.41) is 1.31. The molecule has 0 saturated carbocycles. The smallest absolute Gasteiger partial charge is 0.413 e. The lowest BCUT2D eigenvalue weighted by atomic mass is 9.98. The van der Waals surface area contributed by atoms with Crippen molar-refractivity contribution in [3.63, 3.8) is 0 Å². The molecule has 2 atom stereocenters. The number of aliphatic imine (C=N–C) groups is 1. The molecule has 1 aromatic carbocycles. The third-order valence-electron chi connectivity index (χ3n) is 5.76. The number of rotatable bonds is 4. The summed E-state index contributed by atoms with van der Waals surface area (Å²) in [5.41, 5.74) is -0.746. The summed E-state index contributed by atoms with van der Waals surface area (Å²) < 4.78 is 60.5. The van der Waals surface area contributed by atoms with E-state index in [9.17, 15) is 22.0 Å². The minimum Gasteiger partial charge on any atom is -0.444 e. The topological polar surface area (TPSA) is 111 Å². The molecule has 1 aliphatic heterocycles. The van der Waals surface area contributed by atoms with E-state index in [-0.39, 0.29) is 40.7 Å². The molecule has 0 aliphatic carbocycles. The fourth-order valence-corrected chi connectivity index (χ4v) is 6.46. The average Bonchev–Trinajstić information content (AvgIpc) is 3.02. The summed E-state index contributed by atoms with van der Waals surface area (Å²) in [5.74, 6) is -1.59. The molecule has 1 fully saturated rings. The van der Waals surface area contributed by atoms with E-state index in [1.807, 2.05) is 0 Å². The van der Waals surface area contributed by atoms with Gasteiger partial charge in [-0.05, 0) is 64.3 Å². The third kappa shape index (κ3) is 5.73. The first-order valence-electron chi connectivity index (χ1n) is 11.0. The number of hydrogen-bond donors (Lipinski definition) is 1. The molecular weight excluding hydrogens is 514 g/mol. The van der Waals surface area contributed by atoms with Gasteiger partial charge in [-0.3, -0.25) is 10.3 Å². The Morgan fingerprint density at radius 3 is 2.58 bits per heavy atom. The van der Waals surface area contributed by atoms with Crippen molar-refractivity contribution in [2.24, 2.45) is 4.99 Å². The van der Waals surface area contributed by atoms with E-state index in [4.69, 9.17) is 16.3 Å². The van der Waals surface area contributed by atoms with Crippen LogP contribution in [0.3, 0.4) is 0 Å². The number of carbonyl (C=O) groups excluding carboxylic acids is 1. The molecule has 8 nitrogen and oxygen atoms in total. The predicted molar refractivity (Wildman–Crippen MR) is 134 cm³/mol. The van der Waals surface area contributed by atoms with Crippen LogP contribution in [0.2, 0.25) is 5.15 Å². The molecule has 0 radical (unpaired) electrons. The van der Waals surface area contributed by atoms with Crippen molar-refractivity contribution in [3.05, 3.63) is 58.4 Å². The molecule has 3 rings (SSSR count). The molecule has 1 aliphatic rings. The van der Waals surface area contributed by atoms with Gasteiger partial charge < -0.3 is 4.74 Å². The van der Waals surface area contributed by atoms with E-state index in [0.29, 0.717) is 0 Å². The molecule has 2 heterocycles. The number of ether oxygens (including phenoxy) is 1. The Hall–Kier alpha value is -2.92. The molecule has 194 valence electrons. The Bertz CT molecular complexity index is 1320. The number of nitrogens with one attached hydrogen (secondary N) is 1. The second-order valence-electron chi connectivity index (χ2n) is 9.50. The standard InChI is InChI=1S/C24H27ClF2N4O4S/c1-23(2,3)35-22(32)31-21(28-5)24(4)9-8-19(36(24,33)34)15-10-14(6-7-16(15)26)11-17(27)18-12-30-20(25)13-29-18/h6-7,10-13,19H,8-9H2,1-5H3,(H,28,31,32)/b17-11-. The van der Waals surface area contributed by atoms with Crippen LogP contribution in [-0.4, -0.2) is 47.7 Å². The van der Waals surface area contributed by atoms with Gasteiger partial charge in [0, 0.05) is 12.6 Å². The van der Waals surface area contributed by atoms with E-state index in [0.717, 1.165) is 18.3 Å². The average molecular weight is 541 g/mol. The van der Waals surface area contributed by atoms with E-state index >= 15 is 0 Å². The van der Waals surface area contributed by atoms with Crippen molar-refractivity contribution in [2.75, 3.05) is 7.05 Å². The number of amides is 1. The maximum Gasteiger partial charge on any atom is 0.413 e. The molecule has 0 bridgehead atoms. The Balaban J connectivity index is 1.93. The number of alkyl carbamates (subject to hydrolysis) is 1. The quantitative estimate of drug-likeness (QED) is 0.416. The summed E-state index contributed by atoms with van der Waals surface area (Å²) in [6, 6.07) is 3.70. The first-order valence-corrected chi connectivity index (χ1v) is 13.0. The summed E-state index contributed by atoms with van der Waals surface area (Å²) in [4.78, 5) is 23.9. The molecule has 2 unspecified atom stereocenters. The zero-order chi connectivity index (χ0) is 26.9. The second-order valence-corrected chi connectivity index (χ2v) is 12.4. The highest BCUT2D eigenvalue weighted by molar-refractivity contribution is 7.94. The number of halogens is 3. The van der Waals surface area contributed by atoms with E-state index < -0.39 is 43.2 Å². The Morgan fingerprint density at radius 1 is 1.31 bits per heavy atom. The minimum atomic E-state index is -4.10. The SMILES string of the molecule is CN=C(NC(=O)OC(C)(C)C)C1(C)CCC(c2cc(/C=C(\F)c3cnc(Cl)cn3)ccc2F)S1(=O)=O. The highest BCUT2D eigenvalue weighted by Crippen LogP contribution is 2.47. The first-order chi connectivity index (χ1) is 16.7. The van der Waals surface area contributed by atoms with Crippen LogP contribution in [0.15, 0.2) is 35.6 Å². The first kappa shape index (κ1) is 27.7. The van der Waals surface area contributed by atoms with Crippen molar-refractivity contribution in [1.29, 1.82) is 0 Å². The van der Waals surface area contributed by atoms with Crippen molar-refractivity contribution < 1.29 is 26.7 Å². The number of amidine groups is 1. The lowest BCUT2D eigenvalue weighted by molar-refractivity contribution is 0.0561. The van der Waals surface area contributed by atoms with Crippen molar-refractivity contribution in [2.45, 2.75) is 56.1 Å². The van der Waals surface area contributed by atoms with Gasteiger partial charge >= 0.3 is 6.09 Å². The Labute approximate surface area is 213 Å². The maximum atomic E-state index is 14.9. The number of nitrogens with zero attached hydrogens (tertiary/aromatic N) is 3.